The predicted octanol–water partition coefficient (Wildman–Crippen LogP) is 3.53. The molecule has 0 fully saturated rings. The molecular formula is C8H7BrClF2NO. The quantitative estimate of drug-likeness (QED) is 0.793. The fourth-order valence-electron chi connectivity index (χ4n) is 1.03. The molecule has 0 aromatic carbocycles. The molecule has 0 spiro atoms. The van der Waals surface area contributed by atoms with Gasteiger partial charge in [0.2, 0.25) is 0 Å². The highest BCUT2D eigenvalue weighted by atomic mass is 79.9. The first-order valence-corrected chi connectivity index (χ1v) is 5.00. The molecule has 0 N–H and O–H groups in total. The first-order valence-electron chi connectivity index (χ1n) is 3.67. The van der Waals surface area contributed by atoms with Crippen LogP contribution in [0.2, 0.25) is 0 Å². The molecule has 0 saturated heterocycles. The number of alkyl halides is 3. The monoisotopic (exact) mass is 285 g/mol. The number of hydrogen-bond acceptors (Lipinski definition) is 2. The standard InChI is InChI=1S/C8H7BrClF2NO/c1-14-7-4(2-10)5(9)3-13-6(7)8(11)12/h3,8H,2H2,1H3. The Morgan fingerprint density at radius 3 is 2.71 bits per heavy atom. The number of ether oxygens (including phenoxy) is 1. The lowest BCUT2D eigenvalue weighted by molar-refractivity contribution is 0.141. The van der Waals surface area contributed by atoms with E-state index < -0.39 is 6.43 Å². The molecule has 0 radical (unpaired) electrons. The van der Waals surface area contributed by atoms with E-state index in [2.05, 4.69) is 20.9 Å². The first-order chi connectivity index (χ1) is 6.61. The molecule has 1 heterocycles. The molecule has 1 aromatic heterocycles. The van der Waals surface area contributed by atoms with E-state index in [0.29, 0.717) is 10.0 Å². The molecule has 14 heavy (non-hydrogen) atoms. The lowest BCUT2D eigenvalue weighted by Crippen LogP contribution is -2.00. The largest absolute Gasteiger partial charge is 0.494 e. The molecule has 0 aliphatic carbocycles. The van der Waals surface area contributed by atoms with E-state index in [4.69, 9.17) is 16.3 Å². The second-order valence-corrected chi connectivity index (χ2v) is 3.56. The number of hydrogen-bond donors (Lipinski definition) is 0. The molecule has 0 unspecified atom stereocenters. The highest BCUT2D eigenvalue weighted by Crippen LogP contribution is 2.35. The number of halogens is 4. The summed E-state index contributed by atoms with van der Waals surface area (Å²) in [4.78, 5) is 3.58. The molecule has 2 nitrogen and oxygen atoms in total. The molecule has 1 aromatic rings. The maximum absolute atomic E-state index is 12.5. The van der Waals surface area contributed by atoms with Crippen molar-refractivity contribution in [3.63, 3.8) is 0 Å². The Morgan fingerprint density at radius 2 is 2.29 bits per heavy atom. The summed E-state index contributed by atoms with van der Waals surface area (Å²) in [5, 5.41) is 0. The lowest BCUT2D eigenvalue weighted by atomic mass is 10.2. The van der Waals surface area contributed by atoms with Crippen LogP contribution >= 0.6 is 27.5 Å². The zero-order valence-corrected chi connectivity index (χ0v) is 9.57. The third-order valence-corrected chi connectivity index (χ3v) is 2.61. The molecule has 0 aliphatic rings. The SMILES string of the molecule is COc1c(C(F)F)ncc(Br)c1CCl. The molecule has 0 aliphatic heterocycles. The van der Waals surface area contributed by atoms with Crippen LogP contribution in [0, 0.1) is 0 Å². The Balaban J connectivity index is 3.33. The van der Waals surface area contributed by atoms with E-state index in [0.717, 1.165) is 0 Å². The number of nitrogens with zero attached hydrogens (tertiary/aromatic N) is 1. The summed E-state index contributed by atoms with van der Waals surface area (Å²) < 4.78 is 30.3. The van der Waals surface area contributed by atoms with E-state index in [9.17, 15) is 8.78 Å². The minimum absolute atomic E-state index is 0.0457. The molecule has 78 valence electrons. The van der Waals surface area contributed by atoms with Gasteiger partial charge in [-0.05, 0) is 15.9 Å². The van der Waals surface area contributed by atoms with Gasteiger partial charge in [-0.2, -0.15) is 0 Å². The van der Waals surface area contributed by atoms with E-state index in [1.807, 2.05) is 0 Å². The van der Waals surface area contributed by atoms with Gasteiger partial charge in [0.15, 0.2) is 5.75 Å². The van der Waals surface area contributed by atoms with Crippen molar-refractivity contribution in [3.05, 3.63) is 21.9 Å². The Hall–Kier alpha value is -0.420. The van der Waals surface area contributed by atoms with Crippen LogP contribution in [0.4, 0.5) is 8.78 Å². The fraction of sp³-hybridized carbons (Fsp3) is 0.375. The Kier molecular flexibility index (Phi) is 4.07. The average Bonchev–Trinajstić information content (AvgIpc) is 2.16. The Morgan fingerprint density at radius 1 is 1.64 bits per heavy atom. The third kappa shape index (κ3) is 2.15. The summed E-state index contributed by atoms with van der Waals surface area (Å²) in [5.74, 6) is 0.135. The van der Waals surface area contributed by atoms with Crippen LogP contribution in [0.3, 0.4) is 0 Å². The highest BCUT2D eigenvalue weighted by molar-refractivity contribution is 9.10. The number of rotatable bonds is 3. The van der Waals surface area contributed by atoms with Gasteiger partial charge in [0.1, 0.15) is 5.69 Å². The molecule has 1 rings (SSSR count). The summed E-state index contributed by atoms with van der Waals surface area (Å²) in [6, 6.07) is 0. The molecular weight excluding hydrogens is 279 g/mol. The van der Waals surface area contributed by atoms with Crippen LogP contribution in [0.1, 0.15) is 17.7 Å². The Labute approximate surface area is 93.4 Å². The highest BCUT2D eigenvalue weighted by Gasteiger charge is 2.20. The second-order valence-electron chi connectivity index (χ2n) is 2.44. The normalized spacial score (nSPS) is 10.7. The molecule has 0 amide bonds. The van der Waals surface area contributed by atoms with Crippen molar-refractivity contribution < 1.29 is 13.5 Å². The summed E-state index contributed by atoms with van der Waals surface area (Å²) >= 11 is 8.77. The molecule has 6 heteroatoms. The smallest absolute Gasteiger partial charge is 0.284 e. The van der Waals surface area contributed by atoms with Gasteiger partial charge in [-0.25, -0.2) is 8.78 Å². The maximum Gasteiger partial charge on any atom is 0.284 e. The minimum atomic E-state index is -2.67. The van der Waals surface area contributed by atoms with Crippen molar-refractivity contribution in [3.8, 4) is 5.75 Å². The van der Waals surface area contributed by atoms with Crippen LogP contribution in [-0.4, -0.2) is 12.1 Å². The summed E-state index contributed by atoms with van der Waals surface area (Å²) in [7, 11) is 1.31. The van der Waals surface area contributed by atoms with Crippen molar-refractivity contribution in [2.24, 2.45) is 0 Å². The van der Waals surface area contributed by atoms with E-state index in [-0.39, 0.29) is 17.3 Å². The van der Waals surface area contributed by atoms with Crippen LogP contribution in [0.15, 0.2) is 10.7 Å². The maximum atomic E-state index is 12.5. The van der Waals surface area contributed by atoms with Gasteiger partial charge in [-0.1, -0.05) is 0 Å². The average molecular weight is 287 g/mol. The van der Waals surface area contributed by atoms with Gasteiger partial charge < -0.3 is 4.74 Å². The zero-order valence-electron chi connectivity index (χ0n) is 7.23. The van der Waals surface area contributed by atoms with Gasteiger partial charge in [-0.15, -0.1) is 11.6 Å². The van der Waals surface area contributed by atoms with Crippen molar-refractivity contribution in [1.29, 1.82) is 0 Å². The molecule has 0 saturated carbocycles. The number of pyridine rings is 1. The third-order valence-electron chi connectivity index (χ3n) is 1.66. The summed E-state index contributed by atoms with van der Waals surface area (Å²) in [6.07, 6.45) is -1.37. The topological polar surface area (TPSA) is 22.1 Å². The number of methoxy groups -OCH3 is 1. The summed E-state index contributed by atoms with van der Waals surface area (Å²) in [6.45, 7) is 0. The van der Waals surface area contributed by atoms with Gasteiger partial charge in [0.25, 0.3) is 6.43 Å². The fourth-order valence-corrected chi connectivity index (χ4v) is 1.88. The van der Waals surface area contributed by atoms with Gasteiger partial charge in [-0.3, -0.25) is 4.98 Å². The van der Waals surface area contributed by atoms with E-state index in [1.54, 1.807) is 0 Å². The van der Waals surface area contributed by atoms with E-state index in [1.165, 1.54) is 13.3 Å². The van der Waals surface area contributed by atoms with Crippen LogP contribution in [0.25, 0.3) is 0 Å². The summed E-state index contributed by atoms with van der Waals surface area (Å²) in [5.41, 5.74) is 0.103. The van der Waals surface area contributed by atoms with Gasteiger partial charge in [0.05, 0.1) is 13.0 Å². The lowest BCUT2D eigenvalue weighted by Gasteiger charge is -2.11. The van der Waals surface area contributed by atoms with Crippen molar-refractivity contribution in [2.45, 2.75) is 12.3 Å². The van der Waals surface area contributed by atoms with Gasteiger partial charge >= 0.3 is 0 Å². The Bertz CT molecular complexity index is 335. The van der Waals surface area contributed by atoms with Crippen molar-refractivity contribution >= 4 is 27.5 Å². The van der Waals surface area contributed by atoms with E-state index >= 15 is 0 Å². The van der Waals surface area contributed by atoms with Crippen molar-refractivity contribution in [1.82, 2.24) is 4.98 Å². The van der Waals surface area contributed by atoms with Crippen molar-refractivity contribution in [2.75, 3.05) is 7.11 Å². The number of aromatic nitrogens is 1. The minimum Gasteiger partial charge on any atom is -0.494 e. The predicted molar refractivity (Wildman–Crippen MR) is 53.0 cm³/mol. The van der Waals surface area contributed by atoms with Gasteiger partial charge in [0, 0.05) is 16.2 Å². The molecule has 0 bridgehead atoms. The van der Waals surface area contributed by atoms with Crippen LogP contribution < -0.4 is 4.74 Å². The van der Waals surface area contributed by atoms with Crippen LogP contribution in [0.5, 0.6) is 5.75 Å². The van der Waals surface area contributed by atoms with Crippen LogP contribution in [-0.2, 0) is 5.88 Å². The first kappa shape index (κ1) is 11.7. The molecule has 0 atom stereocenters. The second kappa shape index (κ2) is 4.89. The zero-order chi connectivity index (χ0) is 10.7.